The van der Waals surface area contributed by atoms with Gasteiger partial charge < -0.3 is 14.7 Å². The third-order valence-electron chi connectivity index (χ3n) is 6.41. The van der Waals surface area contributed by atoms with Crippen molar-refractivity contribution >= 4 is 21.7 Å². The fraction of sp³-hybridized carbons (Fsp3) is 0.700. The van der Waals surface area contributed by atoms with Gasteiger partial charge in [0.1, 0.15) is 10.7 Å². The van der Waals surface area contributed by atoms with Crippen molar-refractivity contribution in [2.24, 2.45) is 5.92 Å². The molecule has 0 aliphatic carbocycles. The second kappa shape index (κ2) is 8.57. The average molecular weight is 422 g/mol. The number of likely N-dealkylation sites (N-methyl/N-ethyl adjacent to an activating group) is 1. The van der Waals surface area contributed by atoms with Gasteiger partial charge in [0.15, 0.2) is 0 Å². The number of carbonyl (C=O) groups excluding carboxylic acids is 1. The Kier molecular flexibility index (Phi) is 6.08. The van der Waals surface area contributed by atoms with Gasteiger partial charge in [0, 0.05) is 64.5 Å². The molecule has 0 saturated carbocycles. The highest BCUT2D eigenvalue weighted by molar-refractivity contribution is 7.89. The number of hydrogen-bond acceptors (Lipinski definition) is 6. The molecule has 0 unspecified atom stereocenters. The van der Waals surface area contributed by atoms with Gasteiger partial charge in [-0.25, -0.2) is 13.4 Å². The molecule has 4 heterocycles. The number of pyridine rings is 1. The number of nitrogens with zero attached hydrogens (tertiary/aromatic N) is 5. The van der Waals surface area contributed by atoms with Crippen LogP contribution in [0.5, 0.6) is 0 Å². The Hall–Kier alpha value is -1.71. The average Bonchev–Trinajstić information content (AvgIpc) is 3.30. The molecule has 3 aliphatic heterocycles. The minimum Gasteiger partial charge on any atom is -0.357 e. The van der Waals surface area contributed by atoms with Crippen molar-refractivity contribution in [1.29, 1.82) is 0 Å². The first kappa shape index (κ1) is 20.6. The van der Waals surface area contributed by atoms with E-state index in [1.54, 1.807) is 16.4 Å². The summed E-state index contributed by atoms with van der Waals surface area (Å²) in [4.78, 5) is 23.9. The summed E-state index contributed by atoms with van der Waals surface area (Å²) in [7, 11) is -1.33. The Labute approximate surface area is 173 Å². The van der Waals surface area contributed by atoms with E-state index < -0.39 is 10.0 Å². The van der Waals surface area contributed by atoms with Crippen LogP contribution in [-0.4, -0.2) is 92.8 Å². The Morgan fingerprint density at radius 3 is 2.21 bits per heavy atom. The molecule has 29 heavy (non-hydrogen) atoms. The molecule has 3 fully saturated rings. The number of aromatic nitrogens is 1. The lowest BCUT2D eigenvalue weighted by Crippen LogP contribution is -2.50. The molecule has 4 rings (SSSR count). The zero-order valence-corrected chi connectivity index (χ0v) is 18.0. The minimum absolute atomic E-state index is 0.0875. The van der Waals surface area contributed by atoms with Gasteiger partial charge in [-0.05, 0) is 44.9 Å². The van der Waals surface area contributed by atoms with Crippen molar-refractivity contribution in [2.45, 2.75) is 30.6 Å². The van der Waals surface area contributed by atoms with Crippen LogP contribution in [0.4, 0.5) is 5.82 Å². The summed E-state index contributed by atoms with van der Waals surface area (Å²) >= 11 is 0. The molecule has 8 nitrogen and oxygen atoms in total. The summed E-state index contributed by atoms with van der Waals surface area (Å²) in [6.45, 7) is 6.28. The molecule has 9 heteroatoms. The van der Waals surface area contributed by atoms with E-state index in [1.165, 1.54) is 6.20 Å². The maximum Gasteiger partial charge on any atom is 0.244 e. The van der Waals surface area contributed by atoms with Crippen molar-refractivity contribution in [1.82, 2.24) is 19.1 Å². The predicted molar refractivity (Wildman–Crippen MR) is 111 cm³/mol. The van der Waals surface area contributed by atoms with Crippen molar-refractivity contribution < 1.29 is 13.2 Å². The minimum atomic E-state index is -3.42. The van der Waals surface area contributed by atoms with Gasteiger partial charge in [0.25, 0.3) is 0 Å². The Morgan fingerprint density at radius 1 is 0.966 bits per heavy atom. The molecule has 160 valence electrons. The molecule has 1 aromatic heterocycles. The van der Waals surface area contributed by atoms with Gasteiger partial charge >= 0.3 is 0 Å². The van der Waals surface area contributed by atoms with E-state index in [0.717, 1.165) is 70.8 Å². The van der Waals surface area contributed by atoms with Crippen LogP contribution >= 0.6 is 0 Å². The Bertz CT molecular complexity index is 807. The molecule has 0 N–H and O–H groups in total. The lowest BCUT2D eigenvalue weighted by molar-refractivity contribution is -0.137. The highest BCUT2D eigenvalue weighted by atomic mass is 32.2. The van der Waals surface area contributed by atoms with Gasteiger partial charge in [0.05, 0.1) is 0 Å². The van der Waals surface area contributed by atoms with E-state index in [0.29, 0.717) is 13.1 Å². The summed E-state index contributed by atoms with van der Waals surface area (Å²) < 4.78 is 26.8. The number of piperazine rings is 1. The highest BCUT2D eigenvalue weighted by Gasteiger charge is 2.31. The van der Waals surface area contributed by atoms with Crippen LogP contribution in [0.2, 0.25) is 0 Å². The third kappa shape index (κ3) is 4.41. The summed E-state index contributed by atoms with van der Waals surface area (Å²) in [6.07, 6.45) is 4.96. The number of rotatable bonds is 4. The van der Waals surface area contributed by atoms with E-state index in [9.17, 15) is 13.2 Å². The topological polar surface area (TPSA) is 77.1 Å². The summed E-state index contributed by atoms with van der Waals surface area (Å²) in [5, 5.41) is 0. The number of anilines is 1. The lowest BCUT2D eigenvalue weighted by atomic mass is 9.95. The first-order chi connectivity index (χ1) is 13.9. The monoisotopic (exact) mass is 421 g/mol. The molecular weight excluding hydrogens is 390 g/mol. The number of piperidine rings is 1. The molecular formula is C20H31N5O3S. The molecule has 1 aromatic rings. The van der Waals surface area contributed by atoms with Crippen LogP contribution in [0.1, 0.15) is 25.7 Å². The molecule has 0 bridgehead atoms. The standard InChI is InChI=1S/C20H31N5O3S/c1-22-12-14-24(15-13-22)20(26)17-6-10-23(11-7-17)19-5-4-18(16-21-19)29(27,28)25-8-2-3-9-25/h4-5,16-17H,2-3,6-15H2,1H3. The quantitative estimate of drug-likeness (QED) is 0.718. The zero-order valence-electron chi connectivity index (χ0n) is 17.2. The lowest BCUT2D eigenvalue weighted by Gasteiger charge is -2.37. The molecule has 0 spiro atoms. The van der Waals surface area contributed by atoms with Crippen LogP contribution in [0.15, 0.2) is 23.2 Å². The molecule has 3 aliphatic rings. The van der Waals surface area contributed by atoms with E-state index in [4.69, 9.17) is 0 Å². The van der Waals surface area contributed by atoms with Gasteiger partial charge in [0.2, 0.25) is 15.9 Å². The van der Waals surface area contributed by atoms with Crippen molar-refractivity contribution in [3.8, 4) is 0 Å². The van der Waals surface area contributed by atoms with Gasteiger partial charge in [-0.1, -0.05) is 0 Å². The van der Waals surface area contributed by atoms with Gasteiger partial charge in [-0.3, -0.25) is 4.79 Å². The highest BCUT2D eigenvalue weighted by Crippen LogP contribution is 2.26. The van der Waals surface area contributed by atoms with Crippen LogP contribution in [-0.2, 0) is 14.8 Å². The van der Waals surface area contributed by atoms with E-state index in [2.05, 4.69) is 21.8 Å². The number of carbonyl (C=O) groups is 1. The van der Waals surface area contributed by atoms with Crippen LogP contribution < -0.4 is 4.90 Å². The zero-order chi connectivity index (χ0) is 20.4. The normalized spacial score (nSPS) is 22.9. The smallest absolute Gasteiger partial charge is 0.244 e. The fourth-order valence-electron chi connectivity index (χ4n) is 4.43. The van der Waals surface area contributed by atoms with Crippen LogP contribution in [0, 0.1) is 5.92 Å². The maximum atomic E-state index is 12.8. The molecule has 1 amide bonds. The molecule has 0 aromatic carbocycles. The number of hydrogen-bond donors (Lipinski definition) is 0. The second-order valence-corrected chi connectivity index (χ2v) is 10.3. The maximum absolute atomic E-state index is 12.8. The van der Waals surface area contributed by atoms with Crippen molar-refractivity contribution in [3.05, 3.63) is 18.3 Å². The van der Waals surface area contributed by atoms with E-state index in [-0.39, 0.29) is 16.7 Å². The van der Waals surface area contributed by atoms with E-state index >= 15 is 0 Å². The summed E-state index contributed by atoms with van der Waals surface area (Å²) in [5.41, 5.74) is 0. The first-order valence-corrected chi connectivity index (χ1v) is 12.1. The Balaban J connectivity index is 1.33. The summed E-state index contributed by atoms with van der Waals surface area (Å²) in [6, 6.07) is 3.46. The second-order valence-electron chi connectivity index (χ2n) is 8.35. The van der Waals surface area contributed by atoms with Crippen LogP contribution in [0.3, 0.4) is 0 Å². The van der Waals surface area contributed by atoms with E-state index in [1.807, 2.05) is 4.90 Å². The fourth-order valence-corrected chi connectivity index (χ4v) is 5.89. The van der Waals surface area contributed by atoms with Crippen molar-refractivity contribution in [2.75, 3.05) is 64.3 Å². The van der Waals surface area contributed by atoms with Gasteiger partial charge in [-0.2, -0.15) is 4.31 Å². The number of amides is 1. The predicted octanol–water partition coefficient (Wildman–Crippen LogP) is 0.857. The third-order valence-corrected chi connectivity index (χ3v) is 8.29. The van der Waals surface area contributed by atoms with Crippen molar-refractivity contribution in [3.63, 3.8) is 0 Å². The number of sulfonamides is 1. The molecule has 0 radical (unpaired) electrons. The molecule has 0 atom stereocenters. The first-order valence-electron chi connectivity index (χ1n) is 10.6. The largest absolute Gasteiger partial charge is 0.357 e. The summed E-state index contributed by atoms with van der Waals surface area (Å²) in [5.74, 6) is 1.16. The van der Waals surface area contributed by atoms with Gasteiger partial charge in [-0.15, -0.1) is 0 Å². The van der Waals surface area contributed by atoms with Crippen LogP contribution in [0.25, 0.3) is 0 Å². The molecule has 3 saturated heterocycles. The SMILES string of the molecule is CN1CCN(C(=O)C2CCN(c3ccc(S(=O)(=O)N4CCCC4)cn3)CC2)CC1. The Morgan fingerprint density at radius 2 is 1.62 bits per heavy atom.